The fraction of sp³-hybridized carbons (Fsp3) is 0. The quantitative estimate of drug-likeness (QED) is 0.299. The molecule has 0 fully saturated rings. The average Bonchev–Trinajstić information content (AvgIpc) is 0. The first kappa shape index (κ1) is 1210. The summed E-state index contributed by atoms with van der Waals surface area (Å²) in [5.41, 5.74) is 0. The van der Waals surface area contributed by atoms with E-state index in [2.05, 4.69) is 0 Å². The van der Waals surface area contributed by atoms with E-state index in [1.807, 2.05) is 0 Å². The third kappa shape index (κ3) is 50.7. The molecule has 0 spiro atoms. The van der Waals surface area contributed by atoms with Crippen molar-refractivity contribution in [2.45, 2.75) is 0 Å². The molecular weight excluding hydrogens is 58.0 g/mol. The van der Waals surface area contributed by atoms with E-state index in [1.54, 1.807) is 0 Å². The Hall–Kier alpha value is -0.160. The lowest BCUT2D eigenvalue weighted by Gasteiger charge is -0.412. The molecule has 0 rings (SSSR count). The molecule has 0 aromatic heterocycles. The van der Waals surface area contributed by atoms with E-state index >= 15 is 0 Å². The Bertz CT molecular complexity index is 3.25. The van der Waals surface area contributed by atoms with Crippen molar-refractivity contribution in [1.29, 1.82) is 0 Å². The highest BCUT2D eigenvalue weighted by atomic mass is 16.0. The van der Waals surface area contributed by atoms with Crippen molar-refractivity contribution < 1.29 is 5.48 Å². The summed E-state index contributed by atoms with van der Waals surface area (Å²) in [5, 5.41) is 0. The molecule has 0 atom stereocenters. The second kappa shape index (κ2) is 376. The van der Waals surface area contributed by atoms with Gasteiger partial charge in [0, 0.05) is 18.5 Å². The van der Waals surface area contributed by atoms with Crippen molar-refractivity contribution in [3.63, 3.8) is 0 Å². The van der Waals surface area contributed by atoms with Crippen LogP contribution >= 0.6 is 0 Å². The predicted molar refractivity (Wildman–Crippen MR) is 10.0 cm³/mol. The first-order chi connectivity index (χ1) is 0. The third-order valence-electron chi connectivity index (χ3n) is 0. The third-order valence-corrected chi connectivity index (χ3v) is 0. The lowest BCUT2D eigenvalue weighted by molar-refractivity contribution is 0.824. The number of nitrogens with zero attached hydrogens (tertiary/aromatic N) is 3. The van der Waals surface area contributed by atoms with Gasteiger partial charge in [-0.25, -0.2) is 0 Å². The molecule has 2 N–H and O–H groups in total. The molecule has 0 bridgehead atoms. The van der Waals surface area contributed by atoms with Crippen LogP contribution in [0.25, 0.3) is 0 Å². The van der Waals surface area contributed by atoms with Gasteiger partial charge in [0.2, 0.25) is 0 Å². The summed E-state index contributed by atoms with van der Waals surface area (Å²) in [6.45, 7) is 0. The van der Waals surface area contributed by atoms with Gasteiger partial charge >= 0.3 is 0 Å². The van der Waals surface area contributed by atoms with E-state index in [0.717, 1.165) is 0 Å². The van der Waals surface area contributed by atoms with Gasteiger partial charge in [-0.3, -0.25) is 0 Å². The minimum Gasteiger partial charge on any atom is -0.412 e. The fourth-order valence-corrected chi connectivity index (χ4v) is 0. The van der Waals surface area contributed by atoms with Crippen LogP contribution in [0.2, 0.25) is 0 Å². The van der Waals surface area contributed by atoms with Crippen LogP contribution in [-0.4, -0.2) is 5.48 Å². The van der Waals surface area contributed by atoms with Gasteiger partial charge in [-0.2, -0.15) is 0 Å². The van der Waals surface area contributed by atoms with Crippen LogP contribution in [0.15, 0.2) is 0 Å². The van der Waals surface area contributed by atoms with Gasteiger partial charge in [0.05, 0.1) is 0 Å². The second-order valence-corrected chi connectivity index (χ2v) is 0. The van der Waals surface area contributed by atoms with Crippen molar-refractivity contribution in [2.24, 2.45) is 0 Å². The molecule has 0 saturated carbocycles. The molecular formula is H2N3O. The summed E-state index contributed by atoms with van der Waals surface area (Å²) in [5.74, 6) is 0. The fourth-order valence-electron chi connectivity index (χ4n) is 0. The van der Waals surface area contributed by atoms with E-state index in [9.17, 15) is 0 Å². The second-order valence-electron chi connectivity index (χ2n) is 0. The van der Waals surface area contributed by atoms with Gasteiger partial charge < -0.3 is 5.48 Å². The number of hydrogen-bond acceptors (Lipinski definition) is 0. The molecule has 4 heteroatoms. The normalized spacial score (nSPS) is 0. The van der Waals surface area contributed by atoms with Gasteiger partial charge in [0.25, 0.3) is 0 Å². The maximum atomic E-state index is 0. The van der Waals surface area contributed by atoms with Gasteiger partial charge in [0.1, 0.15) is 0 Å². The summed E-state index contributed by atoms with van der Waals surface area (Å²) in [6.07, 6.45) is 0. The molecule has 0 amide bonds. The molecule has 0 aliphatic heterocycles. The molecule has 0 heterocycles. The van der Waals surface area contributed by atoms with Crippen molar-refractivity contribution in [1.82, 2.24) is 18.5 Å². The molecule has 0 aliphatic rings. The zero-order valence-electron chi connectivity index (χ0n) is 1.84. The zero-order chi connectivity index (χ0) is 0. The van der Waals surface area contributed by atoms with E-state index in [0.29, 0.717) is 0 Å². The smallest absolute Gasteiger partial charge is 0 e. The van der Waals surface area contributed by atoms with Crippen LogP contribution in [0, 0.1) is 0 Å². The Morgan fingerprint density at radius 2 is 0.500 bits per heavy atom. The monoisotopic (exact) mass is 60.0 g/mol. The Kier molecular flexibility index (Phi) is 114000. The van der Waals surface area contributed by atoms with Crippen molar-refractivity contribution in [3.05, 3.63) is 0 Å². The molecule has 4 heavy (non-hydrogen) atoms. The summed E-state index contributed by atoms with van der Waals surface area (Å²) < 4.78 is 0. The molecule has 0 saturated heterocycles. The van der Waals surface area contributed by atoms with E-state index in [-0.39, 0.29) is 23.9 Å². The van der Waals surface area contributed by atoms with Crippen LogP contribution in [0.5, 0.6) is 0 Å². The molecule has 0 aliphatic carbocycles. The summed E-state index contributed by atoms with van der Waals surface area (Å²) >= 11 is 0. The van der Waals surface area contributed by atoms with Crippen LogP contribution in [0.3, 0.4) is 0 Å². The minimum atomic E-state index is 0. The van der Waals surface area contributed by atoms with E-state index in [1.165, 1.54) is 0 Å². The Balaban J connectivity index is 0. The maximum Gasteiger partial charge on any atom is 0 e. The van der Waals surface area contributed by atoms with Crippen LogP contribution in [0.4, 0.5) is 0 Å². The molecule has 4 nitrogen and oxygen atoms in total. The summed E-state index contributed by atoms with van der Waals surface area (Å²) in [6, 6.07) is 0. The Morgan fingerprint density at radius 3 is 0.500 bits per heavy atom. The number of hydrogen-bond donors (Lipinski definition) is 0. The largest absolute Gasteiger partial charge is 0.412 e. The molecule has 0 unspecified atom stereocenters. The van der Waals surface area contributed by atoms with Gasteiger partial charge in [-0.1, -0.05) is 0 Å². The number of rotatable bonds is 0. The Labute approximate surface area is 25.3 Å². The highest BCUT2D eigenvalue weighted by Gasteiger charge is 0.00201. The van der Waals surface area contributed by atoms with Crippen molar-refractivity contribution >= 4 is 0 Å². The van der Waals surface area contributed by atoms with Crippen molar-refractivity contribution in [3.8, 4) is 0 Å². The average molecular weight is 60.0 g/mol. The zero-order valence-corrected chi connectivity index (χ0v) is 1.84. The SMILES string of the molecule is O.[N].[N].[N]. The lowest BCUT2D eigenvalue weighted by Crippen LogP contribution is -0.482. The minimum absolute atomic E-state index is 0. The van der Waals surface area contributed by atoms with Gasteiger partial charge in [-0.05, 0) is 0 Å². The standard InChI is InChI=1S/3N.H2O/h;;;1H2. The van der Waals surface area contributed by atoms with Crippen LogP contribution in [-0.2, 0) is 0 Å². The molecule has 0 aromatic rings. The first-order valence-corrected chi connectivity index (χ1v) is 0. The topological polar surface area (TPSA) is 123 Å². The summed E-state index contributed by atoms with van der Waals surface area (Å²) in [4.78, 5) is 0. The molecule has 0 aromatic carbocycles. The summed E-state index contributed by atoms with van der Waals surface area (Å²) in [7, 11) is 0. The van der Waals surface area contributed by atoms with Crippen LogP contribution in [0.1, 0.15) is 0 Å². The van der Waals surface area contributed by atoms with E-state index in [4.69, 9.17) is 0 Å². The van der Waals surface area contributed by atoms with Crippen molar-refractivity contribution in [2.75, 3.05) is 0 Å². The Morgan fingerprint density at radius 1 is 0.500 bits per heavy atom. The lowest BCUT2D eigenvalue weighted by atomic mass is 14.0. The molecule has 23 valence electrons. The molecule has 9 radical (unpaired) electrons. The predicted octanol–water partition coefficient (Wildman–Crippen LogP) is -2.27. The highest BCUT2D eigenvalue weighted by Crippen LogP contribution is -0.289. The maximum absolute atomic E-state index is 0. The van der Waals surface area contributed by atoms with Gasteiger partial charge in [-0.15, -0.1) is 0 Å². The van der Waals surface area contributed by atoms with Gasteiger partial charge in [0.15, 0.2) is 0 Å². The van der Waals surface area contributed by atoms with E-state index < -0.39 is 0 Å². The van der Waals surface area contributed by atoms with Crippen LogP contribution < -0.4 is 18.5 Å². The first-order valence-electron chi connectivity index (χ1n) is 0. The highest BCUT2D eigenvalue weighted by molar-refractivity contribution is 2.14.